The van der Waals surface area contributed by atoms with Crippen LogP contribution in [0.1, 0.15) is 45.1 Å². The zero-order valence-corrected chi connectivity index (χ0v) is 19.3. The molecular weight excluding hydrogens is 424 g/mol. The van der Waals surface area contributed by atoms with Gasteiger partial charge in [-0.3, -0.25) is 14.9 Å². The Morgan fingerprint density at radius 2 is 2.00 bits per heavy atom. The average Bonchev–Trinajstić information content (AvgIpc) is 3.16. The molecule has 1 N–H and O–H groups in total. The molecule has 1 fully saturated rings. The smallest absolute Gasteiger partial charge is 0.410 e. The van der Waals surface area contributed by atoms with E-state index in [-0.39, 0.29) is 11.8 Å². The first kappa shape index (κ1) is 22.6. The van der Waals surface area contributed by atoms with Crippen LogP contribution in [-0.2, 0) is 14.3 Å². The Morgan fingerprint density at radius 1 is 1.21 bits per heavy atom. The van der Waals surface area contributed by atoms with Crippen molar-refractivity contribution in [1.29, 1.82) is 0 Å². The zero-order valence-electron chi connectivity index (χ0n) is 19.3. The molecule has 1 unspecified atom stereocenters. The normalized spacial score (nSPS) is 16.7. The third kappa shape index (κ3) is 4.94. The number of ether oxygens (including phenoxy) is 2. The summed E-state index contributed by atoms with van der Waals surface area (Å²) in [6.07, 6.45) is 1.99. The molecule has 1 atom stereocenters. The van der Waals surface area contributed by atoms with Gasteiger partial charge in [0.1, 0.15) is 23.5 Å². The Balaban J connectivity index is 1.50. The number of carbonyl (C=O) groups excluding carboxylic acids is 3. The molecule has 8 nitrogen and oxygen atoms in total. The first-order valence-corrected chi connectivity index (χ1v) is 11.0. The molecule has 1 aromatic heterocycles. The fraction of sp³-hybridized carbons (Fsp3) is 0.400. The highest BCUT2D eigenvalue weighted by Gasteiger charge is 2.31. The number of likely N-dealkylation sites (N-methyl/N-ethyl adjacent to an activating group) is 1. The molecule has 0 aliphatic carbocycles. The summed E-state index contributed by atoms with van der Waals surface area (Å²) in [5.74, 6) is -0.285. The fourth-order valence-corrected chi connectivity index (χ4v) is 3.94. The summed E-state index contributed by atoms with van der Waals surface area (Å²) in [5.41, 5.74) is 0.929. The average molecular weight is 453 g/mol. The third-order valence-electron chi connectivity index (χ3n) is 5.57. The van der Waals surface area contributed by atoms with E-state index in [1.54, 1.807) is 13.3 Å². The van der Waals surface area contributed by atoms with Crippen LogP contribution in [0.2, 0.25) is 0 Å². The predicted octanol–water partition coefficient (Wildman–Crippen LogP) is 4.35. The monoisotopic (exact) mass is 452 g/mol. The van der Waals surface area contributed by atoms with Crippen molar-refractivity contribution >= 4 is 39.6 Å². The molecule has 0 saturated carbocycles. The number of hydrogen-bond acceptors (Lipinski definition) is 6. The zero-order chi connectivity index (χ0) is 23.8. The molecule has 33 heavy (non-hydrogen) atoms. The minimum Gasteiger partial charge on any atom is -0.492 e. The van der Waals surface area contributed by atoms with Gasteiger partial charge in [0, 0.05) is 24.4 Å². The number of rotatable bonds is 5. The van der Waals surface area contributed by atoms with Crippen molar-refractivity contribution in [3.05, 3.63) is 42.2 Å². The number of nitrogens with zero attached hydrogens (tertiary/aromatic N) is 1. The molecule has 3 aromatic rings. The van der Waals surface area contributed by atoms with Gasteiger partial charge < -0.3 is 18.8 Å². The Hall–Kier alpha value is -3.55. The maximum absolute atomic E-state index is 12.4. The van der Waals surface area contributed by atoms with Crippen molar-refractivity contribution in [3.8, 4) is 5.75 Å². The van der Waals surface area contributed by atoms with E-state index in [2.05, 4.69) is 5.32 Å². The molecule has 0 spiro atoms. The van der Waals surface area contributed by atoms with Crippen LogP contribution >= 0.6 is 0 Å². The molecule has 1 aliphatic rings. The van der Waals surface area contributed by atoms with Crippen LogP contribution < -0.4 is 10.1 Å². The van der Waals surface area contributed by atoms with E-state index in [1.165, 1.54) is 4.90 Å². The van der Waals surface area contributed by atoms with Crippen LogP contribution in [0.15, 0.2) is 41.0 Å². The van der Waals surface area contributed by atoms with Gasteiger partial charge in [0.2, 0.25) is 11.8 Å². The molecule has 174 valence electrons. The molecule has 8 heteroatoms. The SMILES string of the molecule is CN(CCOc1ccc2c(ccc3occ(C4CCC(=O)NC4=O)c32)c1)C(=O)OC(C)(C)C. The molecular formula is C25H28N2O6. The van der Waals surface area contributed by atoms with Gasteiger partial charge in [-0.15, -0.1) is 0 Å². The van der Waals surface area contributed by atoms with Crippen LogP contribution in [0.5, 0.6) is 5.75 Å². The molecule has 4 rings (SSSR count). The minimum absolute atomic E-state index is 0.243. The molecule has 1 saturated heterocycles. The van der Waals surface area contributed by atoms with Gasteiger partial charge in [0.25, 0.3) is 0 Å². The number of nitrogens with one attached hydrogen (secondary N) is 1. The summed E-state index contributed by atoms with van der Waals surface area (Å²) >= 11 is 0. The number of piperidine rings is 1. The molecule has 2 heterocycles. The minimum atomic E-state index is -0.546. The lowest BCUT2D eigenvalue weighted by Gasteiger charge is -2.24. The van der Waals surface area contributed by atoms with Crippen molar-refractivity contribution in [1.82, 2.24) is 10.2 Å². The fourth-order valence-electron chi connectivity index (χ4n) is 3.94. The van der Waals surface area contributed by atoms with Crippen molar-refractivity contribution in [2.24, 2.45) is 0 Å². The maximum atomic E-state index is 12.4. The number of amides is 3. The third-order valence-corrected chi connectivity index (χ3v) is 5.57. The quantitative estimate of drug-likeness (QED) is 0.578. The highest BCUT2D eigenvalue weighted by Crippen LogP contribution is 2.37. The number of hydrogen-bond donors (Lipinski definition) is 1. The van der Waals surface area contributed by atoms with Gasteiger partial charge in [0.05, 0.1) is 18.7 Å². The second kappa shape index (κ2) is 8.77. The van der Waals surface area contributed by atoms with Gasteiger partial charge >= 0.3 is 6.09 Å². The summed E-state index contributed by atoms with van der Waals surface area (Å²) in [6.45, 7) is 6.18. The number of furan rings is 1. The Bertz CT molecular complexity index is 1220. The van der Waals surface area contributed by atoms with E-state index in [9.17, 15) is 14.4 Å². The summed E-state index contributed by atoms with van der Waals surface area (Å²) in [5, 5.41) is 5.17. The molecule has 3 amide bonds. The summed E-state index contributed by atoms with van der Waals surface area (Å²) in [6, 6.07) is 9.53. The summed E-state index contributed by atoms with van der Waals surface area (Å²) in [7, 11) is 1.67. The van der Waals surface area contributed by atoms with Crippen LogP contribution in [-0.4, -0.2) is 48.6 Å². The second-order valence-corrected chi connectivity index (χ2v) is 9.27. The topological polar surface area (TPSA) is 98.1 Å². The van der Waals surface area contributed by atoms with Crippen molar-refractivity contribution in [2.45, 2.75) is 45.1 Å². The summed E-state index contributed by atoms with van der Waals surface area (Å²) in [4.78, 5) is 37.5. The van der Waals surface area contributed by atoms with Crippen LogP contribution in [0.4, 0.5) is 4.79 Å². The standard InChI is InChI=1S/C25H28N2O6/c1-25(2,3)33-24(30)27(4)11-12-31-16-6-7-17-15(13-16)5-9-20-22(17)19(14-32-20)18-8-10-21(28)26-23(18)29/h5-7,9,13-14,18H,8,10-12H2,1-4H3,(H,26,28,29). The van der Waals surface area contributed by atoms with E-state index in [0.717, 1.165) is 21.7 Å². The first-order chi connectivity index (χ1) is 15.6. The van der Waals surface area contributed by atoms with Gasteiger partial charge in [-0.1, -0.05) is 6.07 Å². The second-order valence-electron chi connectivity index (χ2n) is 9.27. The van der Waals surface area contributed by atoms with E-state index in [1.807, 2.05) is 51.1 Å². The molecule has 0 bridgehead atoms. The predicted molar refractivity (Wildman–Crippen MR) is 123 cm³/mol. The number of carbonyl (C=O) groups is 3. The van der Waals surface area contributed by atoms with Crippen LogP contribution in [0, 0.1) is 0 Å². The molecule has 0 radical (unpaired) electrons. The van der Waals surface area contributed by atoms with Crippen molar-refractivity contribution in [2.75, 3.05) is 20.2 Å². The van der Waals surface area contributed by atoms with E-state index in [0.29, 0.717) is 37.3 Å². The van der Waals surface area contributed by atoms with Gasteiger partial charge in [-0.25, -0.2) is 4.79 Å². The lowest BCUT2D eigenvalue weighted by molar-refractivity contribution is -0.134. The lowest BCUT2D eigenvalue weighted by atomic mass is 9.89. The maximum Gasteiger partial charge on any atom is 0.410 e. The van der Waals surface area contributed by atoms with Gasteiger partial charge in [-0.05, 0) is 62.2 Å². The Morgan fingerprint density at radius 3 is 2.73 bits per heavy atom. The lowest BCUT2D eigenvalue weighted by Crippen LogP contribution is -2.39. The van der Waals surface area contributed by atoms with Crippen molar-refractivity contribution < 1.29 is 28.3 Å². The van der Waals surface area contributed by atoms with Crippen molar-refractivity contribution in [3.63, 3.8) is 0 Å². The first-order valence-electron chi connectivity index (χ1n) is 11.0. The number of benzene rings is 2. The van der Waals surface area contributed by atoms with Gasteiger partial charge in [0.15, 0.2) is 0 Å². The van der Waals surface area contributed by atoms with E-state index < -0.39 is 17.6 Å². The highest BCUT2D eigenvalue weighted by molar-refractivity contribution is 6.10. The molecule has 2 aromatic carbocycles. The van der Waals surface area contributed by atoms with E-state index in [4.69, 9.17) is 13.9 Å². The summed E-state index contributed by atoms with van der Waals surface area (Å²) < 4.78 is 16.9. The van der Waals surface area contributed by atoms with E-state index >= 15 is 0 Å². The highest BCUT2D eigenvalue weighted by atomic mass is 16.6. The largest absolute Gasteiger partial charge is 0.492 e. The van der Waals surface area contributed by atoms with Crippen LogP contribution in [0.25, 0.3) is 21.7 Å². The van der Waals surface area contributed by atoms with Crippen LogP contribution in [0.3, 0.4) is 0 Å². The Kier molecular flexibility index (Phi) is 6.01. The number of fused-ring (bicyclic) bond motifs is 3. The molecule has 1 aliphatic heterocycles. The Labute approximate surface area is 191 Å². The van der Waals surface area contributed by atoms with Gasteiger partial charge in [-0.2, -0.15) is 0 Å². The number of imide groups is 1.